The fraction of sp³-hybridized carbons (Fsp3) is 0.571. The number of hydrogen-bond donors (Lipinski definition) is 0. The third-order valence-electron chi connectivity index (χ3n) is 2.96. The average molecular weight is 285 g/mol. The van der Waals surface area contributed by atoms with Gasteiger partial charge in [0, 0.05) is 0 Å². The third kappa shape index (κ3) is 3.24. The van der Waals surface area contributed by atoms with Crippen LogP contribution in [0.2, 0.25) is 0 Å². The van der Waals surface area contributed by atoms with E-state index in [4.69, 9.17) is 4.74 Å². The first-order chi connectivity index (χ1) is 7.36. The van der Waals surface area contributed by atoms with Crippen LogP contribution in [0.5, 0.6) is 5.75 Å². The summed E-state index contributed by atoms with van der Waals surface area (Å²) in [4.78, 5) is 0. The number of benzene rings is 1. The summed E-state index contributed by atoms with van der Waals surface area (Å²) < 4.78 is 6.74. The summed E-state index contributed by atoms with van der Waals surface area (Å²) in [6.07, 6.45) is 1.34. The van der Waals surface area contributed by atoms with E-state index in [9.17, 15) is 0 Å². The SMILES string of the molecule is CCC(C)(C)c1ccc(OC(C)C)c(Br)c1. The van der Waals surface area contributed by atoms with Gasteiger partial charge in [0.2, 0.25) is 0 Å². The van der Waals surface area contributed by atoms with Gasteiger partial charge < -0.3 is 4.74 Å². The second kappa shape index (κ2) is 5.22. The van der Waals surface area contributed by atoms with E-state index in [1.165, 1.54) is 5.56 Å². The summed E-state index contributed by atoms with van der Waals surface area (Å²) in [6, 6.07) is 6.38. The predicted octanol–water partition coefficient (Wildman–Crippen LogP) is 4.92. The number of halogens is 1. The molecule has 0 atom stereocenters. The van der Waals surface area contributed by atoms with Crippen LogP contribution in [0.4, 0.5) is 0 Å². The van der Waals surface area contributed by atoms with Crippen molar-refractivity contribution in [3.05, 3.63) is 28.2 Å². The van der Waals surface area contributed by atoms with Crippen molar-refractivity contribution >= 4 is 15.9 Å². The smallest absolute Gasteiger partial charge is 0.133 e. The maximum absolute atomic E-state index is 5.70. The first-order valence-electron chi connectivity index (χ1n) is 5.83. The van der Waals surface area contributed by atoms with Crippen LogP contribution in [-0.2, 0) is 5.41 Å². The maximum Gasteiger partial charge on any atom is 0.133 e. The summed E-state index contributed by atoms with van der Waals surface area (Å²) in [7, 11) is 0. The molecule has 0 unspecified atom stereocenters. The number of ether oxygens (including phenoxy) is 1. The van der Waals surface area contributed by atoms with Gasteiger partial charge in [-0.1, -0.05) is 26.8 Å². The molecule has 16 heavy (non-hydrogen) atoms. The van der Waals surface area contributed by atoms with Crippen LogP contribution in [0.1, 0.15) is 46.6 Å². The molecule has 0 amide bonds. The van der Waals surface area contributed by atoms with Gasteiger partial charge in [0.25, 0.3) is 0 Å². The lowest BCUT2D eigenvalue weighted by molar-refractivity contribution is 0.240. The lowest BCUT2D eigenvalue weighted by atomic mass is 9.82. The molecular formula is C14H21BrO. The highest BCUT2D eigenvalue weighted by Crippen LogP contribution is 2.33. The van der Waals surface area contributed by atoms with E-state index < -0.39 is 0 Å². The molecule has 0 fully saturated rings. The molecule has 1 nitrogen and oxygen atoms in total. The van der Waals surface area contributed by atoms with E-state index in [0.29, 0.717) is 0 Å². The van der Waals surface area contributed by atoms with E-state index in [1.807, 2.05) is 13.8 Å². The van der Waals surface area contributed by atoms with Crippen molar-refractivity contribution in [2.24, 2.45) is 0 Å². The molecule has 0 aliphatic heterocycles. The van der Waals surface area contributed by atoms with Gasteiger partial charge in [0.1, 0.15) is 5.75 Å². The van der Waals surface area contributed by atoms with Crippen LogP contribution in [0.15, 0.2) is 22.7 Å². The van der Waals surface area contributed by atoms with Crippen LogP contribution in [-0.4, -0.2) is 6.10 Å². The monoisotopic (exact) mass is 284 g/mol. The Bertz CT molecular complexity index is 356. The standard InChI is InChI=1S/C14H21BrO/c1-6-14(4,5)11-7-8-13(12(15)9-11)16-10(2)3/h7-10H,6H2,1-5H3. The molecule has 0 spiro atoms. The topological polar surface area (TPSA) is 9.23 Å². The third-order valence-corrected chi connectivity index (χ3v) is 3.58. The van der Waals surface area contributed by atoms with Crippen LogP contribution in [0, 0.1) is 0 Å². The Morgan fingerprint density at radius 3 is 2.38 bits per heavy atom. The largest absolute Gasteiger partial charge is 0.490 e. The zero-order valence-corrected chi connectivity index (χ0v) is 12.4. The molecular weight excluding hydrogens is 264 g/mol. The summed E-state index contributed by atoms with van der Waals surface area (Å²) >= 11 is 3.57. The lowest BCUT2D eigenvalue weighted by Gasteiger charge is -2.24. The van der Waals surface area contributed by atoms with Gasteiger partial charge in [-0.05, 0) is 59.3 Å². The van der Waals surface area contributed by atoms with Crippen molar-refractivity contribution in [2.75, 3.05) is 0 Å². The van der Waals surface area contributed by atoms with Crippen molar-refractivity contribution < 1.29 is 4.74 Å². The quantitative estimate of drug-likeness (QED) is 0.762. The zero-order chi connectivity index (χ0) is 12.3. The second-order valence-electron chi connectivity index (χ2n) is 5.05. The van der Waals surface area contributed by atoms with Crippen LogP contribution >= 0.6 is 15.9 Å². The Balaban J connectivity index is 2.99. The summed E-state index contributed by atoms with van der Waals surface area (Å²) in [5.74, 6) is 0.922. The van der Waals surface area contributed by atoms with Gasteiger partial charge in [0.05, 0.1) is 10.6 Å². The molecule has 0 radical (unpaired) electrons. The van der Waals surface area contributed by atoms with Gasteiger partial charge >= 0.3 is 0 Å². The molecule has 1 aromatic rings. The molecule has 2 heteroatoms. The van der Waals surface area contributed by atoms with Crippen LogP contribution in [0.3, 0.4) is 0 Å². The summed E-state index contributed by atoms with van der Waals surface area (Å²) in [5.41, 5.74) is 1.57. The molecule has 0 aliphatic rings. The summed E-state index contributed by atoms with van der Waals surface area (Å²) in [6.45, 7) is 10.8. The molecule has 0 bridgehead atoms. The lowest BCUT2D eigenvalue weighted by Crippen LogP contribution is -2.15. The maximum atomic E-state index is 5.70. The minimum Gasteiger partial charge on any atom is -0.490 e. The second-order valence-corrected chi connectivity index (χ2v) is 5.90. The minimum absolute atomic E-state index is 0.210. The minimum atomic E-state index is 0.210. The Labute approximate surface area is 107 Å². The molecule has 1 aromatic carbocycles. The Kier molecular flexibility index (Phi) is 4.43. The highest BCUT2D eigenvalue weighted by molar-refractivity contribution is 9.10. The Hall–Kier alpha value is -0.500. The van der Waals surface area contributed by atoms with Crippen molar-refractivity contribution in [3.63, 3.8) is 0 Å². The molecule has 0 aliphatic carbocycles. The Morgan fingerprint density at radius 2 is 1.94 bits per heavy atom. The van der Waals surface area contributed by atoms with Crippen molar-refractivity contribution in [3.8, 4) is 5.75 Å². The van der Waals surface area contributed by atoms with Crippen molar-refractivity contribution in [2.45, 2.75) is 52.6 Å². The molecule has 0 saturated carbocycles. The van der Waals surface area contributed by atoms with E-state index in [-0.39, 0.29) is 11.5 Å². The predicted molar refractivity (Wildman–Crippen MR) is 73.2 cm³/mol. The fourth-order valence-corrected chi connectivity index (χ4v) is 1.95. The van der Waals surface area contributed by atoms with Crippen molar-refractivity contribution in [1.82, 2.24) is 0 Å². The van der Waals surface area contributed by atoms with Gasteiger partial charge in [-0.25, -0.2) is 0 Å². The van der Waals surface area contributed by atoms with Gasteiger partial charge in [0.15, 0.2) is 0 Å². The molecule has 1 rings (SSSR count). The highest BCUT2D eigenvalue weighted by Gasteiger charge is 2.19. The van der Waals surface area contributed by atoms with Gasteiger partial charge in [-0.2, -0.15) is 0 Å². The molecule has 90 valence electrons. The summed E-state index contributed by atoms with van der Waals surface area (Å²) in [5, 5.41) is 0. The van der Waals surface area contributed by atoms with Gasteiger partial charge in [-0.3, -0.25) is 0 Å². The van der Waals surface area contributed by atoms with Crippen LogP contribution < -0.4 is 4.74 Å². The normalized spacial score (nSPS) is 11.9. The van der Waals surface area contributed by atoms with E-state index in [1.54, 1.807) is 0 Å². The highest BCUT2D eigenvalue weighted by atomic mass is 79.9. The van der Waals surface area contributed by atoms with E-state index >= 15 is 0 Å². The zero-order valence-electron chi connectivity index (χ0n) is 10.8. The van der Waals surface area contributed by atoms with Crippen LogP contribution in [0.25, 0.3) is 0 Å². The average Bonchev–Trinajstić information content (AvgIpc) is 2.20. The fourth-order valence-electron chi connectivity index (χ4n) is 1.48. The first kappa shape index (κ1) is 13.6. The van der Waals surface area contributed by atoms with Gasteiger partial charge in [-0.15, -0.1) is 0 Å². The Morgan fingerprint density at radius 1 is 1.31 bits per heavy atom. The van der Waals surface area contributed by atoms with E-state index in [2.05, 4.69) is 54.9 Å². The number of rotatable bonds is 4. The number of hydrogen-bond acceptors (Lipinski definition) is 1. The van der Waals surface area contributed by atoms with E-state index in [0.717, 1.165) is 16.6 Å². The molecule has 0 saturated heterocycles. The molecule has 0 heterocycles. The molecule has 0 aromatic heterocycles. The molecule has 0 N–H and O–H groups in total. The van der Waals surface area contributed by atoms with Crippen molar-refractivity contribution in [1.29, 1.82) is 0 Å². The first-order valence-corrected chi connectivity index (χ1v) is 6.63.